The minimum Gasteiger partial charge on any atom is -0.444 e. The summed E-state index contributed by atoms with van der Waals surface area (Å²) < 4.78 is 7.21. The highest BCUT2D eigenvalue weighted by molar-refractivity contribution is 6.60. The van der Waals surface area contributed by atoms with Crippen molar-refractivity contribution in [2.24, 2.45) is 12.0 Å². The van der Waals surface area contributed by atoms with Gasteiger partial charge in [0.25, 0.3) is 0 Å². The summed E-state index contributed by atoms with van der Waals surface area (Å²) in [7, 11) is 3.68. The number of amides is 1. The van der Waals surface area contributed by atoms with E-state index in [0.29, 0.717) is 18.9 Å². The Morgan fingerprint density at radius 1 is 1.41 bits per heavy atom. The van der Waals surface area contributed by atoms with Gasteiger partial charge in [-0.3, -0.25) is 10.3 Å². The van der Waals surface area contributed by atoms with Gasteiger partial charge in [0.1, 0.15) is 5.60 Å². The lowest BCUT2D eigenvalue weighted by Gasteiger charge is -2.24. The van der Waals surface area contributed by atoms with E-state index < -0.39 is 5.60 Å². The molecular weight excluding hydrogens is 281 g/mol. The first-order valence-electron chi connectivity index (χ1n) is 7.21. The lowest BCUT2D eigenvalue weighted by Crippen LogP contribution is -2.34. The highest BCUT2D eigenvalue weighted by Crippen LogP contribution is 2.25. The maximum atomic E-state index is 12.1. The molecule has 1 aliphatic rings. The van der Waals surface area contributed by atoms with Gasteiger partial charge in [0, 0.05) is 7.05 Å². The van der Waals surface area contributed by atoms with E-state index >= 15 is 0 Å². The molecule has 7 nitrogen and oxygen atoms in total. The third-order valence-corrected chi connectivity index (χ3v) is 3.18. The number of nitrogens with one attached hydrogen (secondary N) is 1. The van der Waals surface area contributed by atoms with E-state index in [2.05, 4.69) is 9.98 Å². The molecule has 0 fully saturated rings. The van der Waals surface area contributed by atoms with Gasteiger partial charge >= 0.3 is 6.09 Å². The van der Waals surface area contributed by atoms with Gasteiger partial charge in [-0.2, -0.15) is 0 Å². The van der Waals surface area contributed by atoms with Crippen molar-refractivity contribution >= 4 is 25.4 Å². The zero-order valence-corrected chi connectivity index (χ0v) is 14.0. The zero-order chi connectivity index (χ0) is 16.7. The molecule has 0 saturated carbocycles. The summed E-state index contributed by atoms with van der Waals surface area (Å²) in [6, 6.07) is 0. The molecule has 118 valence electrons. The van der Waals surface area contributed by atoms with Crippen molar-refractivity contribution in [2.75, 3.05) is 0 Å². The van der Waals surface area contributed by atoms with Gasteiger partial charge in [0.15, 0.2) is 19.5 Å². The van der Waals surface area contributed by atoms with Gasteiger partial charge in [0.05, 0.1) is 24.5 Å². The molecule has 1 aromatic heterocycles. The van der Waals surface area contributed by atoms with Crippen LogP contribution >= 0.6 is 0 Å². The van der Waals surface area contributed by atoms with Crippen LogP contribution in [0.2, 0.25) is 0 Å². The minimum atomic E-state index is -0.514. The minimum absolute atomic E-state index is 0.140. The summed E-state index contributed by atoms with van der Waals surface area (Å²) in [4.78, 5) is 22.3. The van der Waals surface area contributed by atoms with Crippen LogP contribution < -0.4 is 0 Å². The molecular formula is C14H22BN5O2. The molecule has 22 heavy (non-hydrogen) atoms. The van der Waals surface area contributed by atoms with Gasteiger partial charge in [0.2, 0.25) is 0 Å². The fourth-order valence-electron chi connectivity index (χ4n) is 2.27. The number of hydrogen-bond donors (Lipinski definition) is 1. The number of rotatable bonds is 1. The van der Waals surface area contributed by atoms with Gasteiger partial charge in [-0.15, -0.1) is 0 Å². The van der Waals surface area contributed by atoms with Crippen LogP contribution in [0, 0.1) is 5.41 Å². The number of imidazole rings is 1. The molecule has 1 aliphatic heterocycles. The number of hydrogen-bond acceptors (Lipinski definition) is 4. The molecule has 0 bridgehead atoms. The van der Waals surface area contributed by atoms with Crippen LogP contribution in [0.5, 0.6) is 0 Å². The maximum absolute atomic E-state index is 12.1. The van der Waals surface area contributed by atoms with E-state index in [1.54, 1.807) is 4.90 Å². The smallest absolute Gasteiger partial charge is 0.410 e. The van der Waals surface area contributed by atoms with Crippen LogP contribution in [0.25, 0.3) is 0 Å². The second-order valence-corrected chi connectivity index (χ2v) is 6.63. The fourth-order valence-corrected chi connectivity index (χ4v) is 2.27. The predicted octanol–water partition coefficient (Wildman–Crippen LogP) is 1.05. The van der Waals surface area contributed by atoms with Crippen LogP contribution in [0.1, 0.15) is 44.9 Å². The molecule has 0 aromatic carbocycles. The Bertz CT molecular complexity index is 653. The molecule has 0 aliphatic carbocycles. The average Bonchev–Trinajstić information content (AvgIpc) is 2.86. The Labute approximate surface area is 131 Å². The molecule has 0 radical (unpaired) electrons. The highest BCUT2D eigenvalue weighted by atomic mass is 16.6. The third-order valence-electron chi connectivity index (χ3n) is 3.18. The van der Waals surface area contributed by atoms with Crippen molar-refractivity contribution in [1.29, 1.82) is 5.41 Å². The number of amidine groups is 1. The second kappa shape index (κ2) is 5.59. The Hall–Kier alpha value is -2.12. The lowest BCUT2D eigenvalue weighted by molar-refractivity contribution is 0.0237. The Balaban J connectivity index is 2.16. The van der Waals surface area contributed by atoms with Crippen molar-refractivity contribution in [3.63, 3.8) is 0 Å². The largest absolute Gasteiger partial charge is 0.444 e. The van der Waals surface area contributed by atoms with E-state index in [0.717, 1.165) is 17.0 Å². The van der Waals surface area contributed by atoms with Crippen LogP contribution in [0.3, 0.4) is 0 Å². The zero-order valence-electron chi connectivity index (χ0n) is 14.0. The number of aromatic nitrogens is 2. The molecule has 0 spiro atoms. The summed E-state index contributed by atoms with van der Waals surface area (Å²) in [6.07, 6.45) is -0.343. The first-order chi connectivity index (χ1) is 10.1. The topological polar surface area (TPSA) is 83.6 Å². The average molecular weight is 303 g/mol. The monoisotopic (exact) mass is 303 g/mol. The normalized spacial score (nSPS) is 15.0. The number of carbonyl (C=O) groups excluding carboxylic acids is 1. The van der Waals surface area contributed by atoms with E-state index in [1.807, 2.05) is 47.2 Å². The molecule has 1 amide bonds. The molecule has 1 aromatic rings. The van der Waals surface area contributed by atoms with Crippen molar-refractivity contribution in [3.8, 4) is 0 Å². The van der Waals surface area contributed by atoms with E-state index in [-0.39, 0.29) is 11.9 Å². The Morgan fingerprint density at radius 3 is 2.55 bits per heavy atom. The maximum Gasteiger partial charge on any atom is 0.410 e. The van der Waals surface area contributed by atoms with Gasteiger partial charge in [-0.1, -0.05) is 0 Å². The van der Waals surface area contributed by atoms with Gasteiger partial charge < -0.3 is 9.30 Å². The number of carbonyl (C=O) groups is 1. The van der Waals surface area contributed by atoms with Crippen LogP contribution in [0.15, 0.2) is 4.99 Å². The second-order valence-electron chi connectivity index (χ2n) is 6.63. The number of aliphatic imine (C=N–C) groups is 1. The molecule has 2 heterocycles. The highest BCUT2D eigenvalue weighted by Gasteiger charge is 2.32. The third kappa shape index (κ3) is 3.37. The van der Waals surface area contributed by atoms with Crippen LogP contribution in [-0.2, 0) is 24.9 Å². The standard InChI is InChI=1S/C14H22BN5O2/c1-8(15)17-11(16)12-18-9-6-20(7-10(9)19(12)5)13(21)22-14(2,3)4/h16H,6-7,15H2,1-5H3/b16-11?,17-8-. The number of fused-ring (bicyclic) bond motifs is 1. The van der Waals surface area contributed by atoms with Crippen molar-refractivity contribution in [2.45, 2.75) is 46.4 Å². The summed E-state index contributed by atoms with van der Waals surface area (Å²) in [6.45, 7) is 8.22. The quantitative estimate of drug-likeness (QED) is 0.478. The molecule has 1 N–H and O–H groups in total. The SMILES string of the molecule is B/C(C)=N\C(=N)c1nc2c(n1C)CN(C(=O)OC(C)(C)C)C2. The summed E-state index contributed by atoms with van der Waals surface area (Å²) in [5.41, 5.74) is 2.02. The van der Waals surface area contributed by atoms with E-state index in [9.17, 15) is 4.79 Å². The predicted molar refractivity (Wildman–Crippen MR) is 87.2 cm³/mol. The van der Waals surface area contributed by atoms with Gasteiger partial charge in [-0.25, -0.2) is 14.8 Å². The summed E-state index contributed by atoms with van der Waals surface area (Å²) in [5, 5.41) is 7.99. The van der Waals surface area contributed by atoms with Crippen LogP contribution in [-0.4, -0.2) is 45.4 Å². The molecule has 2 rings (SSSR count). The summed E-state index contributed by atoms with van der Waals surface area (Å²) in [5.74, 6) is 0.663. The van der Waals surface area contributed by atoms with Crippen molar-refractivity contribution in [1.82, 2.24) is 14.5 Å². The molecule has 0 unspecified atom stereocenters. The van der Waals surface area contributed by atoms with Crippen LogP contribution in [0.4, 0.5) is 4.79 Å². The first-order valence-corrected chi connectivity index (χ1v) is 7.21. The van der Waals surface area contributed by atoms with E-state index in [1.165, 1.54) is 0 Å². The van der Waals surface area contributed by atoms with Gasteiger partial charge in [-0.05, 0) is 33.3 Å². The Morgan fingerprint density at radius 2 is 2.05 bits per heavy atom. The Kier molecular flexibility index (Phi) is 4.13. The van der Waals surface area contributed by atoms with E-state index in [4.69, 9.17) is 10.1 Å². The summed E-state index contributed by atoms with van der Waals surface area (Å²) >= 11 is 0. The number of ether oxygens (including phenoxy) is 1. The lowest BCUT2D eigenvalue weighted by atomic mass is 10.0. The first kappa shape index (κ1) is 16.3. The molecule has 0 atom stereocenters. The fraction of sp³-hybridized carbons (Fsp3) is 0.571. The number of nitrogens with zero attached hydrogens (tertiary/aromatic N) is 4. The van der Waals surface area contributed by atoms with Crippen molar-refractivity contribution < 1.29 is 9.53 Å². The molecule has 0 saturated heterocycles. The van der Waals surface area contributed by atoms with Crippen molar-refractivity contribution in [3.05, 3.63) is 17.2 Å². The molecule has 8 heteroatoms.